The highest BCUT2D eigenvalue weighted by Crippen LogP contribution is 2.37. The number of aliphatic hydroxyl groups is 4. The number of rotatable bonds is 11. The van der Waals surface area contributed by atoms with Crippen molar-refractivity contribution in [3.63, 3.8) is 0 Å². The molecule has 0 aromatic heterocycles. The van der Waals surface area contributed by atoms with Crippen molar-refractivity contribution in [2.75, 3.05) is 26.7 Å². The summed E-state index contributed by atoms with van der Waals surface area (Å²) in [7, 11) is 1.56. The van der Waals surface area contributed by atoms with Crippen LogP contribution in [0.3, 0.4) is 0 Å². The number of carbonyl (C=O) groups is 1. The Bertz CT molecular complexity index is 1040. The van der Waals surface area contributed by atoms with Gasteiger partial charge in [-0.2, -0.15) is 0 Å². The Balaban J connectivity index is 1.91. The van der Waals surface area contributed by atoms with Gasteiger partial charge in [0.05, 0.1) is 37.4 Å². The summed E-state index contributed by atoms with van der Waals surface area (Å²) in [5.74, 6) is -1.51. The second kappa shape index (κ2) is 14.8. The van der Waals surface area contributed by atoms with Gasteiger partial charge in [-0.15, -0.1) is 0 Å². The van der Waals surface area contributed by atoms with E-state index in [1.807, 2.05) is 0 Å². The van der Waals surface area contributed by atoms with Gasteiger partial charge < -0.3 is 79.7 Å². The molecule has 1 saturated heterocycles. The molecule has 0 spiro atoms. The normalized spacial score (nSPS) is 38.7. The smallest absolute Gasteiger partial charge is 0.249 e. The number of nitrogens with one attached hydrogen (secondary N) is 2. The first kappa shape index (κ1) is 34.7. The lowest BCUT2D eigenvalue weighted by Gasteiger charge is -2.50. The summed E-state index contributed by atoms with van der Waals surface area (Å²) in [6.45, 7) is 1.39. The number of ether oxygens (including phenoxy) is 3. The Hall–Kier alpha value is -2.81. The number of aliphatic hydroxyl groups excluding tert-OH is 3. The highest BCUT2D eigenvalue weighted by molar-refractivity contribution is 5.81. The molecule has 43 heavy (non-hydrogen) atoms. The molecule has 0 aromatic carbocycles. The Morgan fingerprint density at radius 3 is 2.53 bits per heavy atom. The van der Waals surface area contributed by atoms with E-state index in [1.165, 1.54) is 6.92 Å². The molecule has 1 saturated carbocycles. The van der Waals surface area contributed by atoms with Gasteiger partial charge in [-0.1, -0.05) is 0 Å². The molecular formula is C25H48N10O8. The van der Waals surface area contributed by atoms with E-state index in [0.29, 0.717) is 12.2 Å². The first-order valence-electron chi connectivity index (χ1n) is 14.2. The van der Waals surface area contributed by atoms with Gasteiger partial charge in [-0.05, 0) is 32.9 Å². The van der Waals surface area contributed by atoms with Gasteiger partial charge in [-0.25, -0.2) is 4.99 Å². The molecule has 2 aliphatic heterocycles. The van der Waals surface area contributed by atoms with Gasteiger partial charge in [-0.3, -0.25) is 9.79 Å². The van der Waals surface area contributed by atoms with E-state index in [1.54, 1.807) is 13.1 Å². The Labute approximate surface area is 249 Å². The van der Waals surface area contributed by atoms with Crippen LogP contribution in [0.4, 0.5) is 0 Å². The topological polar surface area (TPSA) is 331 Å². The molecule has 18 N–H and O–H groups in total. The van der Waals surface area contributed by atoms with Crippen molar-refractivity contribution in [3.8, 4) is 0 Å². The van der Waals surface area contributed by atoms with Crippen LogP contribution >= 0.6 is 0 Å². The first-order valence-corrected chi connectivity index (χ1v) is 14.2. The number of nitrogens with two attached hydrogens (primary N) is 6. The molecule has 18 nitrogen and oxygen atoms in total. The molecule has 1 unspecified atom stereocenters. The van der Waals surface area contributed by atoms with E-state index < -0.39 is 78.4 Å². The van der Waals surface area contributed by atoms with Crippen LogP contribution in [0.1, 0.15) is 26.2 Å². The maximum absolute atomic E-state index is 13.0. The van der Waals surface area contributed by atoms with Gasteiger partial charge in [0.15, 0.2) is 18.2 Å². The SMILES string of the molecule is CN[C@@H]1[C@@H](O)[C@@H](O[C@H]2[C@H](NC(=O)[C@@H](O)CCN=C(N)N)C[C@H](N)C([C@H]3OC(CN)=CC[C@H]3N=C(N)N)[C@@H]2O)OC[C@]1(C)O. The average molecular weight is 617 g/mol. The molecule has 0 bridgehead atoms. The van der Waals surface area contributed by atoms with Crippen LogP contribution in [0, 0.1) is 5.92 Å². The summed E-state index contributed by atoms with van der Waals surface area (Å²) in [6, 6.07) is -3.19. The number of hydrogen-bond donors (Lipinski definition) is 12. The van der Waals surface area contributed by atoms with E-state index in [9.17, 15) is 25.2 Å². The average Bonchev–Trinajstić information content (AvgIpc) is 2.92. The molecule has 12 atom stereocenters. The molecule has 2 fully saturated rings. The third-order valence-electron chi connectivity index (χ3n) is 8.06. The fraction of sp³-hybridized carbons (Fsp3) is 0.800. The van der Waals surface area contributed by atoms with Crippen molar-refractivity contribution in [3.05, 3.63) is 11.8 Å². The summed E-state index contributed by atoms with van der Waals surface area (Å²) in [4.78, 5) is 21.0. The number of guanidine groups is 2. The van der Waals surface area contributed by atoms with Crippen LogP contribution in [0.5, 0.6) is 0 Å². The molecule has 1 aliphatic carbocycles. The Morgan fingerprint density at radius 2 is 1.93 bits per heavy atom. The van der Waals surface area contributed by atoms with Gasteiger partial charge in [0, 0.05) is 24.9 Å². The minimum Gasteiger partial charge on any atom is -0.491 e. The summed E-state index contributed by atoms with van der Waals surface area (Å²) >= 11 is 0. The second-order valence-electron chi connectivity index (χ2n) is 11.4. The zero-order chi connectivity index (χ0) is 32.1. The standard InChI is InChI=1S/C25H48N10O8/c1-25(40)9-41-22(17(38)20(25)32-2)43-19-13(34-21(39)14(36)5-6-33-23(28)29)7-11(27)15(16(19)37)18-12(35-24(30)31)4-3-10(8-26)42-18/h3,11-20,22,32,36-38,40H,4-9,26-27H2,1-2H3,(H,34,39)(H4,28,29,33)(H4,30,31,35)/t11-,12+,13+,14-,15?,16-,17+,18-,19-,20+,22+,25-/m0/s1. The van der Waals surface area contributed by atoms with Crippen molar-refractivity contribution < 1.29 is 39.4 Å². The molecule has 246 valence electrons. The van der Waals surface area contributed by atoms with E-state index in [-0.39, 0.29) is 44.5 Å². The fourth-order valence-electron chi connectivity index (χ4n) is 5.97. The highest BCUT2D eigenvalue weighted by atomic mass is 16.7. The zero-order valence-corrected chi connectivity index (χ0v) is 24.5. The quantitative estimate of drug-likeness (QED) is 0.0759. The van der Waals surface area contributed by atoms with Gasteiger partial charge in [0.1, 0.15) is 35.8 Å². The van der Waals surface area contributed by atoms with E-state index in [2.05, 4.69) is 20.6 Å². The number of likely N-dealkylation sites (N-methyl/N-ethyl adjacent to an activating group) is 1. The predicted octanol–water partition coefficient (Wildman–Crippen LogP) is -6.08. The van der Waals surface area contributed by atoms with Crippen molar-refractivity contribution in [2.45, 2.75) is 92.8 Å². The van der Waals surface area contributed by atoms with Crippen molar-refractivity contribution in [1.82, 2.24) is 10.6 Å². The molecule has 3 rings (SSSR count). The maximum atomic E-state index is 13.0. The lowest BCUT2D eigenvalue weighted by Crippen LogP contribution is -2.69. The second-order valence-corrected chi connectivity index (χ2v) is 11.4. The number of hydrogen-bond acceptors (Lipinski definition) is 13. The Morgan fingerprint density at radius 1 is 1.23 bits per heavy atom. The van der Waals surface area contributed by atoms with E-state index in [4.69, 9.17) is 48.6 Å². The first-order chi connectivity index (χ1) is 20.2. The number of nitrogens with zero attached hydrogens (tertiary/aromatic N) is 2. The molecule has 3 aliphatic rings. The lowest BCUT2D eigenvalue weighted by molar-refractivity contribution is -0.297. The van der Waals surface area contributed by atoms with Crippen LogP contribution in [0.25, 0.3) is 0 Å². The number of aliphatic imine (C=N–C) groups is 2. The molecule has 2 heterocycles. The number of carbonyl (C=O) groups excluding carboxylic acids is 1. The van der Waals surface area contributed by atoms with Crippen molar-refractivity contribution >= 4 is 17.8 Å². The highest BCUT2D eigenvalue weighted by Gasteiger charge is 2.53. The minimum absolute atomic E-state index is 0.00135. The molecule has 18 heteroatoms. The van der Waals surface area contributed by atoms with Crippen LogP contribution in [0.15, 0.2) is 21.8 Å². The minimum atomic E-state index is -1.49. The monoisotopic (exact) mass is 616 g/mol. The largest absolute Gasteiger partial charge is 0.491 e. The van der Waals surface area contributed by atoms with Crippen LogP contribution < -0.4 is 45.0 Å². The van der Waals surface area contributed by atoms with Crippen molar-refractivity contribution in [1.29, 1.82) is 0 Å². The van der Waals surface area contributed by atoms with Gasteiger partial charge in [0.25, 0.3) is 0 Å². The summed E-state index contributed by atoms with van der Waals surface area (Å²) in [5, 5.41) is 49.5. The van der Waals surface area contributed by atoms with Crippen LogP contribution in [-0.2, 0) is 19.0 Å². The third-order valence-corrected chi connectivity index (χ3v) is 8.06. The van der Waals surface area contributed by atoms with E-state index in [0.717, 1.165) is 0 Å². The predicted molar refractivity (Wildman–Crippen MR) is 156 cm³/mol. The summed E-state index contributed by atoms with van der Waals surface area (Å²) < 4.78 is 17.9. The van der Waals surface area contributed by atoms with Gasteiger partial charge in [0.2, 0.25) is 5.91 Å². The van der Waals surface area contributed by atoms with Crippen LogP contribution in [0.2, 0.25) is 0 Å². The molecule has 0 aromatic rings. The molecule has 0 radical (unpaired) electrons. The number of amides is 1. The van der Waals surface area contributed by atoms with Gasteiger partial charge >= 0.3 is 0 Å². The maximum Gasteiger partial charge on any atom is 0.249 e. The Kier molecular flexibility index (Phi) is 11.9. The van der Waals surface area contributed by atoms with E-state index >= 15 is 0 Å². The molecule has 1 amide bonds. The summed E-state index contributed by atoms with van der Waals surface area (Å²) in [6.07, 6.45) is -5.55. The summed E-state index contributed by atoms with van der Waals surface area (Å²) in [5.41, 5.74) is 32.9. The molecular weight excluding hydrogens is 568 g/mol. The third kappa shape index (κ3) is 8.43. The lowest BCUT2D eigenvalue weighted by atomic mass is 9.72. The zero-order valence-electron chi connectivity index (χ0n) is 24.5. The van der Waals surface area contributed by atoms with Crippen LogP contribution in [-0.4, -0.2) is 132 Å². The fourth-order valence-corrected chi connectivity index (χ4v) is 5.97. The van der Waals surface area contributed by atoms with Crippen molar-refractivity contribution in [2.24, 2.45) is 50.3 Å².